The van der Waals surface area contributed by atoms with Crippen molar-refractivity contribution in [3.63, 3.8) is 0 Å². The van der Waals surface area contributed by atoms with Crippen molar-refractivity contribution in [3.05, 3.63) is 49.2 Å². The molecule has 0 saturated carbocycles. The fraction of sp³-hybridized carbons (Fsp3) is 0.0588. The normalized spacial score (nSPS) is 11.1. The predicted octanol–water partition coefficient (Wildman–Crippen LogP) is 2.80. The maximum absolute atomic E-state index is 5.04. The minimum Gasteiger partial charge on any atom is -0.315 e. The van der Waals surface area contributed by atoms with Gasteiger partial charge in [-0.05, 0) is 24.3 Å². The first-order chi connectivity index (χ1) is 13.3. The van der Waals surface area contributed by atoms with E-state index in [1.165, 1.54) is 6.33 Å². The minimum atomic E-state index is 0.250. The van der Waals surface area contributed by atoms with Gasteiger partial charge in [-0.25, -0.2) is 4.98 Å². The van der Waals surface area contributed by atoms with Gasteiger partial charge in [-0.2, -0.15) is 15.1 Å². The van der Waals surface area contributed by atoms with Crippen LogP contribution in [0.1, 0.15) is 0 Å². The molecule has 4 heterocycles. The Labute approximate surface area is 152 Å². The summed E-state index contributed by atoms with van der Waals surface area (Å²) in [6.45, 7) is 0. The maximum Gasteiger partial charge on any atom is 0.326 e. The summed E-state index contributed by atoms with van der Waals surface area (Å²) >= 11 is 0. The summed E-state index contributed by atoms with van der Waals surface area (Å²) in [5.41, 5.74) is 2.59. The van der Waals surface area contributed by atoms with Crippen molar-refractivity contribution < 1.29 is 4.52 Å². The molecular formula is C17H13N9O. The quantitative estimate of drug-likeness (QED) is 0.498. The number of aromatic amines is 1. The average molecular weight is 359 g/mol. The second-order valence-electron chi connectivity index (χ2n) is 5.84. The van der Waals surface area contributed by atoms with E-state index in [2.05, 4.69) is 40.6 Å². The van der Waals surface area contributed by atoms with Crippen LogP contribution in [0.25, 0.3) is 21.8 Å². The van der Waals surface area contributed by atoms with Gasteiger partial charge in [0.25, 0.3) is 0 Å². The van der Waals surface area contributed by atoms with Crippen LogP contribution in [0.5, 0.6) is 0 Å². The van der Waals surface area contributed by atoms with Crippen LogP contribution >= 0.6 is 0 Å². The highest BCUT2D eigenvalue weighted by Gasteiger charge is 2.14. The first-order valence-electron chi connectivity index (χ1n) is 8.10. The molecular weight excluding hydrogens is 346 g/mol. The highest BCUT2D eigenvalue weighted by Crippen LogP contribution is 2.29. The molecule has 0 unspecified atom stereocenters. The van der Waals surface area contributed by atoms with E-state index < -0.39 is 0 Å². The van der Waals surface area contributed by atoms with E-state index in [1.807, 2.05) is 36.2 Å². The molecule has 132 valence electrons. The number of fused-ring (bicyclic) bond motifs is 2. The van der Waals surface area contributed by atoms with E-state index in [0.29, 0.717) is 17.3 Å². The number of benzene rings is 1. The summed E-state index contributed by atoms with van der Waals surface area (Å²) in [7, 11) is 1.90. The third-order valence-corrected chi connectivity index (χ3v) is 4.19. The molecule has 10 nitrogen and oxygen atoms in total. The fourth-order valence-electron chi connectivity index (χ4n) is 2.80. The topological polar surface area (TPSA) is 122 Å². The van der Waals surface area contributed by atoms with Crippen molar-refractivity contribution in [2.75, 3.05) is 17.3 Å². The molecule has 0 aliphatic rings. The van der Waals surface area contributed by atoms with Gasteiger partial charge in [0.15, 0.2) is 6.33 Å². The summed E-state index contributed by atoms with van der Waals surface area (Å²) in [4.78, 5) is 19.3. The lowest BCUT2D eigenvalue weighted by Gasteiger charge is -2.18. The average Bonchev–Trinajstić information content (AvgIpc) is 3.38. The molecule has 4 aromatic heterocycles. The molecule has 0 aliphatic carbocycles. The van der Waals surface area contributed by atoms with Gasteiger partial charge >= 0.3 is 6.01 Å². The number of hydrogen-bond donors (Lipinski definition) is 2. The third-order valence-electron chi connectivity index (χ3n) is 4.19. The second kappa shape index (κ2) is 6.02. The lowest BCUT2D eigenvalue weighted by molar-refractivity contribution is 0.433. The van der Waals surface area contributed by atoms with Gasteiger partial charge in [-0.3, -0.25) is 15.4 Å². The number of H-pyrrole nitrogens is 1. The van der Waals surface area contributed by atoms with E-state index in [9.17, 15) is 0 Å². The summed E-state index contributed by atoms with van der Waals surface area (Å²) in [5, 5.41) is 15.4. The Kier molecular flexibility index (Phi) is 3.39. The summed E-state index contributed by atoms with van der Waals surface area (Å²) in [6, 6.07) is 8.03. The number of pyridine rings is 1. The van der Waals surface area contributed by atoms with Gasteiger partial charge in [0.2, 0.25) is 5.95 Å². The molecule has 0 aliphatic heterocycles. The molecule has 2 N–H and O–H groups in total. The monoisotopic (exact) mass is 359 g/mol. The van der Waals surface area contributed by atoms with Crippen molar-refractivity contribution >= 4 is 45.3 Å². The molecule has 10 heteroatoms. The Hall–Kier alpha value is -4.08. The van der Waals surface area contributed by atoms with Crippen molar-refractivity contribution in [1.29, 1.82) is 0 Å². The molecule has 5 rings (SSSR count). The van der Waals surface area contributed by atoms with Crippen LogP contribution in [0, 0.1) is 0 Å². The van der Waals surface area contributed by atoms with E-state index in [4.69, 9.17) is 4.52 Å². The first kappa shape index (κ1) is 15.2. The molecule has 27 heavy (non-hydrogen) atoms. The van der Waals surface area contributed by atoms with E-state index in [0.717, 1.165) is 22.0 Å². The molecule has 5 aromatic rings. The van der Waals surface area contributed by atoms with Gasteiger partial charge in [0.1, 0.15) is 5.82 Å². The Bertz CT molecular complexity index is 1230. The fourth-order valence-corrected chi connectivity index (χ4v) is 2.80. The number of nitrogens with one attached hydrogen (secondary N) is 2. The largest absolute Gasteiger partial charge is 0.326 e. The summed E-state index contributed by atoms with van der Waals surface area (Å²) in [5.74, 6) is 1.05. The molecule has 0 saturated heterocycles. The molecule has 0 bridgehead atoms. The zero-order chi connectivity index (χ0) is 18.2. The van der Waals surface area contributed by atoms with Crippen LogP contribution in [0.15, 0.2) is 53.7 Å². The molecule has 0 atom stereocenters. The van der Waals surface area contributed by atoms with Crippen LogP contribution in [-0.2, 0) is 0 Å². The van der Waals surface area contributed by atoms with Crippen LogP contribution in [0.2, 0.25) is 0 Å². The first-order valence-corrected chi connectivity index (χ1v) is 8.10. The molecule has 0 spiro atoms. The standard InChI is InChI=1S/C17H13N9O/c1-26(11-2-3-13-10(6-11)7-20-25-13)16-22-14-8-18-5-4-12(14)15(23-16)24-17-19-9-21-27-17/h2-9H,1H3,(H,20,25)(H,19,21,22,23,24). The number of nitrogens with zero attached hydrogens (tertiary/aromatic N) is 7. The number of hydrogen-bond acceptors (Lipinski definition) is 9. The van der Waals surface area contributed by atoms with E-state index in [1.54, 1.807) is 18.6 Å². The Morgan fingerprint density at radius 2 is 2.11 bits per heavy atom. The van der Waals surface area contributed by atoms with E-state index in [-0.39, 0.29) is 6.01 Å². The van der Waals surface area contributed by atoms with Crippen molar-refractivity contribution in [2.45, 2.75) is 0 Å². The predicted molar refractivity (Wildman–Crippen MR) is 99.1 cm³/mol. The molecule has 0 amide bonds. The minimum absolute atomic E-state index is 0.250. The van der Waals surface area contributed by atoms with Crippen LogP contribution in [0.3, 0.4) is 0 Å². The van der Waals surface area contributed by atoms with Crippen LogP contribution in [0.4, 0.5) is 23.5 Å². The SMILES string of the molecule is CN(c1ccc2[nH]ncc2c1)c1nc(Nc2ncno2)c2ccncc2n1. The van der Waals surface area contributed by atoms with Gasteiger partial charge < -0.3 is 9.42 Å². The Morgan fingerprint density at radius 3 is 3.00 bits per heavy atom. The summed E-state index contributed by atoms with van der Waals surface area (Å²) in [6.07, 6.45) is 6.47. The van der Waals surface area contributed by atoms with Crippen molar-refractivity contribution in [1.82, 2.24) is 35.3 Å². The Morgan fingerprint density at radius 1 is 1.15 bits per heavy atom. The zero-order valence-electron chi connectivity index (χ0n) is 14.2. The molecule has 0 fully saturated rings. The maximum atomic E-state index is 5.04. The smallest absolute Gasteiger partial charge is 0.315 e. The number of rotatable bonds is 4. The highest BCUT2D eigenvalue weighted by molar-refractivity contribution is 5.91. The molecule has 1 aromatic carbocycles. The number of aromatic nitrogens is 7. The van der Waals surface area contributed by atoms with Crippen molar-refractivity contribution in [2.24, 2.45) is 0 Å². The Balaban J connectivity index is 1.61. The second-order valence-corrected chi connectivity index (χ2v) is 5.84. The van der Waals surface area contributed by atoms with Gasteiger partial charge in [0, 0.05) is 29.7 Å². The molecule has 0 radical (unpaired) electrons. The van der Waals surface area contributed by atoms with E-state index >= 15 is 0 Å². The van der Waals surface area contributed by atoms with Crippen molar-refractivity contribution in [3.8, 4) is 0 Å². The van der Waals surface area contributed by atoms with Crippen LogP contribution < -0.4 is 10.2 Å². The zero-order valence-corrected chi connectivity index (χ0v) is 14.2. The van der Waals surface area contributed by atoms with Gasteiger partial charge in [0.05, 0.1) is 23.4 Å². The summed E-state index contributed by atoms with van der Waals surface area (Å²) < 4.78 is 5.04. The van der Waals surface area contributed by atoms with Gasteiger partial charge in [-0.15, -0.1) is 0 Å². The highest BCUT2D eigenvalue weighted by atomic mass is 16.5. The van der Waals surface area contributed by atoms with Crippen LogP contribution in [-0.4, -0.2) is 42.3 Å². The number of anilines is 4. The third kappa shape index (κ3) is 2.68. The lowest BCUT2D eigenvalue weighted by atomic mass is 10.2. The van der Waals surface area contributed by atoms with Gasteiger partial charge in [-0.1, -0.05) is 5.16 Å². The lowest BCUT2D eigenvalue weighted by Crippen LogP contribution is -2.14.